The second-order valence-corrected chi connectivity index (χ2v) is 7.05. The van der Waals surface area contributed by atoms with Crippen LogP contribution in [-0.4, -0.2) is 23.1 Å². The monoisotopic (exact) mass is 355 g/mol. The van der Waals surface area contributed by atoms with Crippen LogP contribution in [0.5, 0.6) is 0 Å². The summed E-state index contributed by atoms with van der Waals surface area (Å²) in [7, 11) is 0. The molecule has 0 aliphatic carbocycles. The zero-order valence-corrected chi connectivity index (χ0v) is 15.1. The van der Waals surface area contributed by atoms with Gasteiger partial charge >= 0.3 is 0 Å². The van der Waals surface area contributed by atoms with Crippen molar-refractivity contribution in [3.8, 4) is 11.3 Å². The van der Waals surface area contributed by atoms with Crippen molar-refractivity contribution in [1.29, 1.82) is 0 Å². The highest BCUT2D eigenvalue weighted by Crippen LogP contribution is 2.38. The number of piperidine rings is 1. The maximum absolute atomic E-state index is 15.5. The Bertz CT molecular complexity index is 956. The summed E-state index contributed by atoms with van der Waals surface area (Å²) in [6.45, 7) is 5.54. The van der Waals surface area contributed by atoms with Crippen molar-refractivity contribution in [3.63, 3.8) is 0 Å². The lowest BCUT2D eigenvalue weighted by molar-refractivity contribution is 0.429. The Morgan fingerprint density at radius 1 is 1.19 bits per heavy atom. The molecule has 0 spiro atoms. The first kappa shape index (κ1) is 17.2. The minimum atomic E-state index is -0.441. The number of aromatic nitrogens is 2. The highest BCUT2D eigenvalue weighted by Gasteiger charge is 2.27. The van der Waals surface area contributed by atoms with E-state index in [9.17, 15) is 4.39 Å². The van der Waals surface area contributed by atoms with E-state index in [0.717, 1.165) is 48.4 Å². The van der Waals surface area contributed by atoms with E-state index in [4.69, 9.17) is 0 Å². The molecule has 3 nitrogen and oxygen atoms in total. The summed E-state index contributed by atoms with van der Waals surface area (Å²) in [5, 5.41) is 3.79. The van der Waals surface area contributed by atoms with Crippen LogP contribution >= 0.6 is 0 Å². The highest BCUT2D eigenvalue weighted by molar-refractivity contribution is 5.92. The molecule has 1 saturated heterocycles. The molecule has 0 unspecified atom stereocenters. The van der Waals surface area contributed by atoms with E-state index in [1.807, 2.05) is 26.0 Å². The van der Waals surface area contributed by atoms with Gasteiger partial charge in [-0.2, -0.15) is 0 Å². The van der Waals surface area contributed by atoms with Gasteiger partial charge in [0, 0.05) is 34.1 Å². The Kier molecular flexibility index (Phi) is 4.49. The first-order valence-corrected chi connectivity index (χ1v) is 9.26. The molecule has 2 N–H and O–H groups in total. The summed E-state index contributed by atoms with van der Waals surface area (Å²) in [5.41, 5.74) is 4.38. The van der Waals surface area contributed by atoms with Gasteiger partial charge in [-0.05, 0) is 69.0 Å². The normalized spacial score (nSPS) is 15.7. The lowest BCUT2D eigenvalue weighted by Gasteiger charge is -2.24. The quantitative estimate of drug-likeness (QED) is 0.705. The molecule has 0 saturated carbocycles. The summed E-state index contributed by atoms with van der Waals surface area (Å²) in [6.07, 6.45) is 3.95. The number of aryl methyl sites for hydroxylation is 2. The van der Waals surface area contributed by atoms with E-state index >= 15 is 4.39 Å². The van der Waals surface area contributed by atoms with Gasteiger partial charge in [-0.3, -0.25) is 4.98 Å². The van der Waals surface area contributed by atoms with Gasteiger partial charge < -0.3 is 10.3 Å². The van der Waals surface area contributed by atoms with Gasteiger partial charge in [0.05, 0.1) is 5.52 Å². The van der Waals surface area contributed by atoms with Crippen molar-refractivity contribution in [2.24, 2.45) is 0 Å². The second-order valence-electron chi connectivity index (χ2n) is 7.05. The number of pyridine rings is 1. The molecule has 0 atom stereocenters. The minimum Gasteiger partial charge on any atom is -0.354 e. The van der Waals surface area contributed by atoms with E-state index < -0.39 is 11.6 Å². The van der Waals surface area contributed by atoms with Crippen molar-refractivity contribution in [2.75, 3.05) is 13.1 Å². The third-order valence-corrected chi connectivity index (χ3v) is 5.40. The standard InChI is InChI=1S/C21H23F2N3/c1-3-15-19-17(26-21(15)14-6-9-25-12(2)10-14)11-16(22)18(20(19)23)13-4-7-24-8-5-13/h6,9-11,13,24,26H,3-5,7-8H2,1-2H3. The maximum atomic E-state index is 15.5. The third kappa shape index (κ3) is 2.80. The fourth-order valence-electron chi connectivity index (χ4n) is 4.15. The molecule has 5 heteroatoms. The van der Waals surface area contributed by atoms with Crippen molar-refractivity contribution >= 4 is 10.9 Å². The van der Waals surface area contributed by atoms with Crippen LogP contribution in [0, 0.1) is 18.6 Å². The largest absolute Gasteiger partial charge is 0.354 e. The summed E-state index contributed by atoms with van der Waals surface area (Å²) >= 11 is 0. The van der Waals surface area contributed by atoms with Crippen LogP contribution in [0.25, 0.3) is 22.2 Å². The minimum absolute atomic E-state index is 0.0631. The van der Waals surface area contributed by atoms with Gasteiger partial charge in [-0.1, -0.05) is 6.92 Å². The smallest absolute Gasteiger partial charge is 0.139 e. The molecule has 3 heterocycles. The SMILES string of the molecule is CCc1c(-c2ccnc(C)c2)[nH]c2cc(F)c(C3CCNCC3)c(F)c12. The Labute approximate surface area is 151 Å². The maximum Gasteiger partial charge on any atom is 0.139 e. The molecule has 1 fully saturated rings. The van der Waals surface area contributed by atoms with Gasteiger partial charge in [-0.25, -0.2) is 8.78 Å². The highest BCUT2D eigenvalue weighted by atomic mass is 19.1. The van der Waals surface area contributed by atoms with Crippen molar-refractivity contribution < 1.29 is 8.78 Å². The molecule has 0 bridgehead atoms. The molecule has 1 aliphatic heterocycles. The van der Waals surface area contributed by atoms with E-state index in [1.54, 1.807) is 6.20 Å². The molecule has 26 heavy (non-hydrogen) atoms. The van der Waals surface area contributed by atoms with Crippen LogP contribution in [0.15, 0.2) is 24.4 Å². The molecule has 1 aliphatic rings. The summed E-state index contributed by atoms with van der Waals surface area (Å²) in [5.74, 6) is -0.896. The molecule has 0 radical (unpaired) electrons. The number of nitrogens with one attached hydrogen (secondary N) is 2. The van der Waals surface area contributed by atoms with Crippen LogP contribution in [0.4, 0.5) is 8.78 Å². The van der Waals surface area contributed by atoms with Gasteiger partial charge in [0.1, 0.15) is 11.6 Å². The lowest BCUT2D eigenvalue weighted by Crippen LogP contribution is -2.27. The number of nitrogens with zero attached hydrogens (tertiary/aromatic N) is 1. The van der Waals surface area contributed by atoms with Crippen LogP contribution in [0.2, 0.25) is 0 Å². The fourth-order valence-corrected chi connectivity index (χ4v) is 4.15. The third-order valence-electron chi connectivity index (χ3n) is 5.40. The van der Waals surface area contributed by atoms with Crippen LogP contribution in [-0.2, 0) is 6.42 Å². The Balaban J connectivity index is 1.93. The van der Waals surface area contributed by atoms with Crippen molar-refractivity contribution in [2.45, 2.75) is 39.0 Å². The predicted octanol–water partition coefficient (Wildman–Crippen LogP) is 4.85. The van der Waals surface area contributed by atoms with Crippen molar-refractivity contribution in [3.05, 3.63) is 52.9 Å². The molecule has 1 aromatic carbocycles. The first-order chi connectivity index (χ1) is 12.6. The second kappa shape index (κ2) is 6.80. The topological polar surface area (TPSA) is 40.7 Å². The Morgan fingerprint density at radius 2 is 1.96 bits per heavy atom. The number of benzene rings is 1. The van der Waals surface area contributed by atoms with Gasteiger partial charge in [0.15, 0.2) is 0 Å². The zero-order valence-electron chi connectivity index (χ0n) is 15.1. The number of hydrogen-bond acceptors (Lipinski definition) is 2. The Hall–Kier alpha value is -2.27. The average molecular weight is 355 g/mol. The number of rotatable bonds is 3. The molecule has 4 rings (SSSR count). The lowest BCUT2D eigenvalue weighted by atomic mass is 9.88. The van der Waals surface area contributed by atoms with Crippen LogP contribution in [0.3, 0.4) is 0 Å². The molecule has 2 aromatic heterocycles. The van der Waals surface area contributed by atoms with Gasteiger partial charge in [0.25, 0.3) is 0 Å². The summed E-state index contributed by atoms with van der Waals surface area (Å²) in [6, 6.07) is 5.33. The van der Waals surface area contributed by atoms with Gasteiger partial charge in [-0.15, -0.1) is 0 Å². The number of fused-ring (bicyclic) bond motifs is 1. The zero-order chi connectivity index (χ0) is 18.3. The molecule has 0 amide bonds. The predicted molar refractivity (Wildman–Crippen MR) is 100 cm³/mol. The average Bonchev–Trinajstić information content (AvgIpc) is 3.01. The number of aromatic amines is 1. The van der Waals surface area contributed by atoms with Crippen LogP contribution in [0.1, 0.15) is 42.5 Å². The number of hydrogen-bond donors (Lipinski definition) is 2. The van der Waals surface area contributed by atoms with E-state index in [-0.39, 0.29) is 11.5 Å². The van der Waals surface area contributed by atoms with E-state index in [2.05, 4.69) is 15.3 Å². The van der Waals surface area contributed by atoms with E-state index in [1.165, 1.54) is 6.07 Å². The molecular weight excluding hydrogens is 332 g/mol. The fraction of sp³-hybridized carbons (Fsp3) is 0.381. The summed E-state index contributed by atoms with van der Waals surface area (Å²) < 4.78 is 30.3. The number of H-pyrrole nitrogens is 1. The molecule has 3 aromatic rings. The summed E-state index contributed by atoms with van der Waals surface area (Å²) in [4.78, 5) is 7.48. The Morgan fingerprint density at radius 3 is 2.65 bits per heavy atom. The molecule has 136 valence electrons. The number of halogens is 2. The van der Waals surface area contributed by atoms with Crippen molar-refractivity contribution in [1.82, 2.24) is 15.3 Å². The molecular formula is C21H23F2N3. The van der Waals surface area contributed by atoms with Gasteiger partial charge in [0.2, 0.25) is 0 Å². The first-order valence-electron chi connectivity index (χ1n) is 9.26. The van der Waals surface area contributed by atoms with E-state index in [0.29, 0.717) is 17.3 Å². The van der Waals surface area contributed by atoms with Crippen LogP contribution < -0.4 is 5.32 Å².